The number of benzene rings is 1. The molecule has 2 atom stereocenters. The van der Waals surface area contributed by atoms with E-state index >= 15 is 0 Å². The number of halogens is 2. The van der Waals surface area contributed by atoms with E-state index in [0.29, 0.717) is 5.56 Å². The van der Waals surface area contributed by atoms with Gasteiger partial charge in [0, 0.05) is 11.8 Å². The summed E-state index contributed by atoms with van der Waals surface area (Å²) >= 11 is 1.69. The minimum absolute atomic E-state index is 0.0404. The highest BCUT2D eigenvalue weighted by atomic mass is 32.2. The number of nitrogens with one attached hydrogen (secondary N) is 1. The standard InChI is InChI=1S/C18H21F2N3O2S/c1-5-13(18(4)21-6-7-26-18)24-14-10(2)8-12(9-11(14)3)16-22-17(15(19)20)25-23-16/h6-9,13,15,21H,5H2,1-4H3. The van der Waals surface area contributed by atoms with Gasteiger partial charge in [0.25, 0.3) is 5.89 Å². The van der Waals surface area contributed by atoms with Crippen LogP contribution in [0.3, 0.4) is 0 Å². The number of aryl methyl sites for hydroxylation is 2. The van der Waals surface area contributed by atoms with Crippen molar-refractivity contribution in [2.45, 2.75) is 51.5 Å². The highest BCUT2D eigenvalue weighted by Gasteiger charge is 2.37. The molecule has 2 unspecified atom stereocenters. The van der Waals surface area contributed by atoms with Crippen LogP contribution in [-0.2, 0) is 0 Å². The van der Waals surface area contributed by atoms with E-state index < -0.39 is 12.3 Å². The molecule has 0 radical (unpaired) electrons. The van der Waals surface area contributed by atoms with Gasteiger partial charge in [-0.1, -0.05) is 12.1 Å². The Balaban J connectivity index is 1.87. The zero-order chi connectivity index (χ0) is 18.9. The number of hydrogen-bond acceptors (Lipinski definition) is 6. The molecule has 26 heavy (non-hydrogen) atoms. The summed E-state index contributed by atoms with van der Waals surface area (Å²) in [4.78, 5) is 3.52. The highest BCUT2D eigenvalue weighted by Crippen LogP contribution is 2.37. The maximum atomic E-state index is 12.7. The van der Waals surface area contributed by atoms with E-state index in [4.69, 9.17) is 4.74 Å². The van der Waals surface area contributed by atoms with Crippen molar-refractivity contribution < 1.29 is 18.0 Å². The molecule has 2 heterocycles. The Kier molecular flexibility index (Phi) is 5.22. The van der Waals surface area contributed by atoms with Crippen LogP contribution in [0.5, 0.6) is 5.75 Å². The fraction of sp³-hybridized carbons (Fsp3) is 0.444. The average molecular weight is 381 g/mol. The summed E-state index contributed by atoms with van der Waals surface area (Å²) in [7, 11) is 0. The van der Waals surface area contributed by atoms with Gasteiger partial charge in [0.15, 0.2) is 0 Å². The van der Waals surface area contributed by atoms with Gasteiger partial charge < -0.3 is 14.6 Å². The van der Waals surface area contributed by atoms with Gasteiger partial charge in [0.05, 0.1) is 0 Å². The number of aromatic nitrogens is 2. The third-order valence-electron chi connectivity index (χ3n) is 4.34. The second-order valence-electron chi connectivity index (χ2n) is 6.38. The third kappa shape index (κ3) is 3.56. The molecule has 140 valence electrons. The molecule has 3 rings (SSSR count). The van der Waals surface area contributed by atoms with Gasteiger partial charge in [-0.3, -0.25) is 0 Å². The lowest BCUT2D eigenvalue weighted by molar-refractivity contribution is 0.106. The Morgan fingerprint density at radius 2 is 2.00 bits per heavy atom. The molecule has 0 saturated carbocycles. The van der Waals surface area contributed by atoms with Crippen molar-refractivity contribution in [3.05, 3.63) is 40.8 Å². The lowest BCUT2D eigenvalue weighted by atomic mass is 10.0. The molecule has 0 fully saturated rings. The van der Waals surface area contributed by atoms with Crippen molar-refractivity contribution in [1.29, 1.82) is 0 Å². The Morgan fingerprint density at radius 3 is 2.50 bits per heavy atom. The summed E-state index contributed by atoms with van der Waals surface area (Å²) in [6.45, 7) is 8.03. The normalized spacial score (nSPS) is 20.4. The van der Waals surface area contributed by atoms with Crippen LogP contribution in [0.15, 0.2) is 28.3 Å². The topological polar surface area (TPSA) is 60.2 Å². The average Bonchev–Trinajstić information content (AvgIpc) is 3.24. The molecular weight excluding hydrogens is 360 g/mol. The van der Waals surface area contributed by atoms with Crippen molar-refractivity contribution in [2.75, 3.05) is 0 Å². The third-order valence-corrected chi connectivity index (χ3v) is 5.49. The Morgan fingerprint density at radius 1 is 1.31 bits per heavy atom. The second-order valence-corrected chi connectivity index (χ2v) is 7.74. The van der Waals surface area contributed by atoms with E-state index in [0.717, 1.165) is 23.3 Å². The molecule has 1 aromatic carbocycles. The van der Waals surface area contributed by atoms with Gasteiger partial charge in [0.2, 0.25) is 5.82 Å². The first-order valence-electron chi connectivity index (χ1n) is 8.34. The molecule has 1 aliphatic heterocycles. The Labute approximate surface area is 155 Å². The summed E-state index contributed by atoms with van der Waals surface area (Å²) in [6, 6.07) is 3.65. The van der Waals surface area contributed by atoms with Crippen LogP contribution in [0.2, 0.25) is 0 Å². The van der Waals surface area contributed by atoms with Gasteiger partial charge in [-0.15, -0.1) is 11.8 Å². The maximum absolute atomic E-state index is 12.7. The van der Waals surface area contributed by atoms with Gasteiger partial charge in [0.1, 0.15) is 16.7 Å². The Hall–Kier alpha value is -2.09. The lowest BCUT2D eigenvalue weighted by Crippen LogP contribution is -2.47. The van der Waals surface area contributed by atoms with Crippen LogP contribution in [0.4, 0.5) is 8.78 Å². The van der Waals surface area contributed by atoms with Crippen LogP contribution in [-0.4, -0.2) is 21.1 Å². The van der Waals surface area contributed by atoms with E-state index in [2.05, 4.69) is 33.8 Å². The van der Waals surface area contributed by atoms with Crippen molar-refractivity contribution in [3.63, 3.8) is 0 Å². The minimum Gasteiger partial charge on any atom is -0.487 e. The first-order chi connectivity index (χ1) is 12.3. The second kappa shape index (κ2) is 7.26. The van der Waals surface area contributed by atoms with Crippen LogP contribution in [0.25, 0.3) is 11.4 Å². The molecule has 5 nitrogen and oxygen atoms in total. The fourth-order valence-corrected chi connectivity index (χ4v) is 3.93. The lowest BCUT2D eigenvalue weighted by Gasteiger charge is -2.34. The number of nitrogens with zero attached hydrogens (tertiary/aromatic N) is 2. The number of ether oxygens (including phenoxy) is 1. The SMILES string of the molecule is CCC(Oc1c(C)cc(-c2noc(C(F)F)n2)cc1C)C1(C)NC=CS1. The van der Waals surface area contributed by atoms with E-state index in [-0.39, 0.29) is 16.8 Å². The number of hydrogen-bond donors (Lipinski definition) is 1. The summed E-state index contributed by atoms with van der Waals surface area (Å²) in [5, 5.41) is 9.01. The molecule has 0 saturated heterocycles. The highest BCUT2D eigenvalue weighted by molar-refractivity contribution is 8.03. The zero-order valence-electron chi connectivity index (χ0n) is 15.0. The van der Waals surface area contributed by atoms with Gasteiger partial charge in [-0.25, -0.2) is 0 Å². The maximum Gasteiger partial charge on any atom is 0.315 e. The summed E-state index contributed by atoms with van der Waals surface area (Å²) in [5.41, 5.74) is 2.40. The number of rotatable bonds is 6. The van der Waals surface area contributed by atoms with E-state index in [9.17, 15) is 8.78 Å². The molecule has 1 aliphatic rings. The zero-order valence-corrected chi connectivity index (χ0v) is 15.9. The molecule has 0 bridgehead atoms. The van der Waals surface area contributed by atoms with Crippen LogP contribution in [0.1, 0.15) is 43.7 Å². The quantitative estimate of drug-likeness (QED) is 0.762. The summed E-state index contributed by atoms with van der Waals surface area (Å²) in [5.74, 6) is 0.259. The van der Waals surface area contributed by atoms with Crippen molar-refractivity contribution in [2.24, 2.45) is 0 Å². The van der Waals surface area contributed by atoms with E-state index in [1.807, 2.05) is 37.6 Å². The monoisotopic (exact) mass is 381 g/mol. The van der Waals surface area contributed by atoms with Crippen molar-refractivity contribution >= 4 is 11.8 Å². The van der Waals surface area contributed by atoms with Gasteiger partial charge in [-0.05, 0) is 55.9 Å². The smallest absolute Gasteiger partial charge is 0.315 e. The minimum atomic E-state index is -2.78. The van der Waals surface area contributed by atoms with Crippen LogP contribution >= 0.6 is 11.8 Å². The van der Waals surface area contributed by atoms with Gasteiger partial charge in [-0.2, -0.15) is 13.8 Å². The van der Waals surface area contributed by atoms with E-state index in [1.165, 1.54) is 0 Å². The first-order valence-corrected chi connectivity index (χ1v) is 9.22. The molecule has 0 aliphatic carbocycles. The van der Waals surface area contributed by atoms with Crippen molar-refractivity contribution in [1.82, 2.24) is 15.5 Å². The molecule has 1 N–H and O–H groups in total. The predicted molar refractivity (Wildman–Crippen MR) is 97.1 cm³/mol. The number of alkyl halides is 2. The van der Waals surface area contributed by atoms with E-state index in [1.54, 1.807) is 11.8 Å². The number of thioether (sulfide) groups is 1. The van der Waals surface area contributed by atoms with Crippen molar-refractivity contribution in [3.8, 4) is 17.1 Å². The predicted octanol–water partition coefficient (Wildman–Crippen LogP) is 4.97. The van der Waals surface area contributed by atoms with Crippen LogP contribution < -0.4 is 10.1 Å². The molecule has 0 spiro atoms. The molecule has 2 aromatic rings. The largest absolute Gasteiger partial charge is 0.487 e. The first kappa shape index (κ1) is 18.7. The van der Waals surface area contributed by atoms with Crippen LogP contribution in [0, 0.1) is 13.8 Å². The molecule has 1 aromatic heterocycles. The summed E-state index contributed by atoms with van der Waals surface area (Å²) < 4.78 is 36.2. The molecule has 8 heteroatoms. The summed E-state index contributed by atoms with van der Waals surface area (Å²) in [6.07, 6.45) is -0.0592. The Bertz CT molecular complexity index is 792. The molecular formula is C18H21F2N3O2S. The fourth-order valence-electron chi connectivity index (χ4n) is 3.01. The molecule has 0 amide bonds. The van der Waals surface area contributed by atoms with Gasteiger partial charge >= 0.3 is 6.43 Å².